The van der Waals surface area contributed by atoms with Crippen molar-refractivity contribution < 1.29 is 19.1 Å². The first-order valence-corrected chi connectivity index (χ1v) is 12.5. The maximum atomic E-state index is 13.5. The number of ether oxygens (including phenoxy) is 2. The Morgan fingerprint density at radius 2 is 1.81 bits per heavy atom. The summed E-state index contributed by atoms with van der Waals surface area (Å²) < 4.78 is 11.8. The van der Waals surface area contributed by atoms with Crippen LogP contribution >= 0.6 is 22.9 Å². The summed E-state index contributed by atoms with van der Waals surface area (Å²) in [5, 5.41) is 9.99. The van der Waals surface area contributed by atoms with E-state index >= 15 is 0 Å². The molecule has 0 aliphatic rings. The van der Waals surface area contributed by atoms with E-state index in [2.05, 4.69) is 24.3 Å². The molecule has 10 heteroatoms. The molecule has 2 aromatic carbocycles. The van der Waals surface area contributed by atoms with Crippen LogP contribution in [0.5, 0.6) is 5.75 Å². The summed E-state index contributed by atoms with van der Waals surface area (Å²) >= 11 is 6.99. The zero-order chi connectivity index (χ0) is 25.8. The number of halogens is 1. The number of benzene rings is 2. The van der Waals surface area contributed by atoms with E-state index < -0.39 is 17.4 Å². The summed E-state index contributed by atoms with van der Waals surface area (Å²) in [6.07, 6.45) is 0. The fourth-order valence-electron chi connectivity index (χ4n) is 3.51. The van der Waals surface area contributed by atoms with E-state index in [4.69, 9.17) is 21.1 Å². The van der Waals surface area contributed by atoms with Gasteiger partial charge in [0.15, 0.2) is 12.3 Å². The number of amides is 1. The number of hydrogen-bond acceptors (Lipinski definition) is 7. The standard InChI is InChI=1S/C26H24ClN3O5S/c1-4-34-26(33)23-20-14-36-24(28-21(31)13-35-19-11-7-17(27)8-12-19)22(20)25(32)30(29-23)18-9-5-16(6-10-18)15(2)3/h5-12,14-15H,4,13H2,1-3H3,(H,28,31). The summed E-state index contributed by atoms with van der Waals surface area (Å²) in [6, 6.07) is 14.0. The van der Waals surface area contributed by atoms with Crippen LogP contribution in [0.1, 0.15) is 42.7 Å². The van der Waals surface area contributed by atoms with Gasteiger partial charge in [-0.1, -0.05) is 37.6 Å². The molecule has 2 heterocycles. The number of anilines is 1. The fourth-order valence-corrected chi connectivity index (χ4v) is 4.59. The van der Waals surface area contributed by atoms with Crippen molar-refractivity contribution in [3.63, 3.8) is 0 Å². The monoisotopic (exact) mass is 525 g/mol. The molecule has 0 radical (unpaired) electrons. The van der Waals surface area contributed by atoms with Crippen molar-refractivity contribution in [2.75, 3.05) is 18.5 Å². The molecule has 2 aromatic heterocycles. The highest BCUT2D eigenvalue weighted by Gasteiger charge is 2.23. The molecule has 186 valence electrons. The van der Waals surface area contributed by atoms with Gasteiger partial charge in [-0.05, 0) is 54.8 Å². The first-order chi connectivity index (χ1) is 17.3. The van der Waals surface area contributed by atoms with Gasteiger partial charge < -0.3 is 14.8 Å². The Morgan fingerprint density at radius 3 is 2.44 bits per heavy atom. The Labute approximate surface area is 216 Å². The van der Waals surface area contributed by atoms with Gasteiger partial charge >= 0.3 is 5.97 Å². The number of carbonyl (C=O) groups is 2. The van der Waals surface area contributed by atoms with Gasteiger partial charge in [0.2, 0.25) is 0 Å². The summed E-state index contributed by atoms with van der Waals surface area (Å²) in [5.41, 5.74) is 1.12. The largest absolute Gasteiger partial charge is 0.484 e. The zero-order valence-corrected chi connectivity index (χ0v) is 21.5. The quantitative estimate of drug-likeness (QED) is 0.308. The van der Waals surface area contributed by atoms with E-state index in [0.29, 0.717) is 32.8 Å². The third-order valence-electron chi connectivity index (χ3n) is 5.36. The molecule has 1 amide bonds. The lowest BCUT2D eigenvalue weighted by Crippen LogP contribution is -2.26. The van der Waals surface area contributed by atoms with Crippen molar-refractivity contribution in [1.29, 1.82) is 0 Å². The number of thiophene rings is 1. The zero-order valence-electron chi connectivity index (χ0n) is 19.9. The Balaban J connectivity index is 1.71. The third kappa shape index (κ3) is 5.42. The van der Waals surface area contributed by atoms with E-state index in [-0.39, 0.29) is 24.3 Å². The van der Waals surface area contributed by atoms with Crippen LogP contribution in [0.2, 0.25) is 5.02 Å². The second-order valence-electron chi connectivity index (χ2n) is 8.18. The minimum atomic E-state index is -0.656. The second kappa shape index (κ2) is 10.9. The average molecular weight is 526 g/mol. The summed E-state index contributed by atoms with van der Waals surface area (Å²) in [4.78, 5) is 38.8. The minimum Gasteiger partial charge on any atom is -0.484 e. The molecular formula is C26H24ClN3O5S. The number of fused-ring (bicyclic) bond motifs is 1. The van der Waals surface area contributed by atoms with Crippen LogP contribution in [0.4, 0.5) is 5.00 Å². The van der Waals surface area contributed by atoms with Gasteiger partial charge in [-0.15, -0.1) is 11.3 Å². The Bertz CT molecular complexity index is 1460. The first kappa shape index (κ1) is 25.4. The number of carbonyl (C=O) groups excluding carboxylic acids is 2. The molecule has 0 saturated heterocycles. The maximum absolute atomic E-state index is 13.5. The number of esters is 1. The van der Waals surface area contributed by atoms with Crippen LogP contribution in [0, 0.1) is 0 Å². The predicted octanol–water partition coefficient (Wildman–Crippen LogP) is 5.42. The number of rotatable bonds is 8. The van der Waals surface area contributed by atoms with Crippen LogP contribution < -0.4 is 15.6 Å². The number of aromatic nitrogens is 2. The number of nitrogens with one attached hydrogen (secondary N) is 1. The molecule has 0 aliphatic heterocycles. The van der Waals surface area contributed by atoms with Crippen LogP contribution in [0.15, 0.2) is 58.7 Å². The van der Waals surface area contributed by atoms with Crippen molar-refractivity contribution >= 4 is 50.6 Å². The van der Waals surface area contributed by atoms with E-state index in [1.54, 1.807) is 48.7 Å². The van der Waals surface area contributed by atoms with Crippen LogP contribution in [0.3, 0.4) is 0 Å². The molecule has 4 aromatic rings. The highest BCUT2D eigenvalue weighted by Crippen LogP contribution is 2.31. The van der Waals surface area contributed by atoms with Crippen molar-refractivity contribution in [3.8, 4) is 11.4 Å². The topological polar surface area (TPSA) is 99.5 Å². The second-order valence-corrected chi connectivity index (χ2v) is 9.49. The molecule has 4 rings (SSSR count). The Kier molecular flexibility index (Phi) is 7.71. The predicted molar refractivity (Wildman–Crippen MR) is 141 cm³/mol. The highest BCUT2D eigenvalue weighted by atomic mass is 35.5. The fraction of sp³-hybridized carbons (Fsp3) is 0.231. The van der Waals surface area contributed by atoms with Crippen LogP contribution in [-0.2, 0) is 9.53 Å². The molecular weight excluding hydrogens is 502 g/mol. The smallest absolute Gasteiger partial charge is 0.359 e. The van der Waals surface area contributed by atoms with Gasteiger partial charge in [0.05, 0.1) is 17.7 Å². The summed E-state index contributed by atoms with van der Waals surface area (Å²) in [7, 11) is 0. The third-order valence-corrected chi connectivity index (χ3v) is 6.51. The minimum absolute atomic E-state index is 0.00597. The maximum Gasteiger partial charge on any atom is 0.359 e. The summed E-state index contributed by atoms with van der Waals surface area (Å²) in [6.45, 7) is 5.71. The van der Waals surface area contributed by atoms with Crippen molar-refractivity contribution in [2.24, 2.45) is 0 Å². The van der Waals surface area contributed by atoms with Crippen molar-refractivity contribution in [3.05, 3.63) is 80.5 Å². The molecule has 0 unspecified atom stereocenters. The molecule has 0 aliphatic carbocycles. The van der Waals surface area contributed by atoms with E-state index in [0.717, 1.165) is 21.6 Å². The normalized spacial score (nSPS) is 11.0. The van der Waals surface area contributed by atoms with Gasteiger partial charge in [-0.25, -0.2) is 4.79 Å². The van der Waals surface area contributed by atoms with Crippen LogP contribution in [-0.4, -0.2) is 34.9 Å². The molecule has 1 N–H and O–H groups in total. The van der Waals surface area contributed by atoms with Gasteiger partial charge in [-0.2, -0.15) is 9.78 Å². The van der Waals surface area contributed by atoms with Gasteiger partial charge in [0.25, 0.3) is 11.5 Å². The molecule has 36 heavy (non-hydrogen) atoms. The Morgan fingerprint density at radius 1 is 1.11 bits per heavy atom. The van der Waals surface area contributed by atoms with Gasteiger partial charge in [0, 0.05) is 15.8 Å². The molecule has 0 spiro atoms. The van der Waals surface area contributed by atoms with Crippen molar-refractivity contribution in [2.45, 2.75) is 26.7 Å². The average Bonchev–Trinajstić information content (AvgIpc) is 3.28. The lowest BCUT2D eigenvalue weighted by molar-refractivity contribution is -0.118. The van der Waals surface area contributed by atoms with E-state index in [1.165, 1.54) is 0 Å². The van der Waals surface area contributed by atoms with E-state index in [1.807, 2.05) is 12.1 Å². The molecule has 0 bridgehead atoms. The number of nitrogens with zero attached hydrogens (tertiary/aromatic N) is 2. The molecule has 0 saturated carbocycles. The molecule has 8 nitrogen and oxygen atoms in total. The van der Waals surface area contributed by atoms with Gasteiger partial charge in [0.1, 0.15) is 10.8 Å². The van der Waals surface area contributed by atoms with Crippen molar-refractivity contribution in [1.82, 2.24) is 9.78 Å². The molecule has 0 fully saturated rings. The summed E-state index contributed by atoms with van der Waals surface area (Å²) in [5.74, 6) is -0.325. The lowest BCUT2D eigenvalue weighted by Gasteiger charge is -2.11. The highest BCUT2D eigenvalue weighted by molar-refractivity contribution is 7.16. The SMILES string of the molecule is CCOC(=O)c1nn(-c2ccc(C(C)C)cc2)c(=O)c2c(NC(=O)COc3ccc(Cl)cc3)scc12. The first-order valence-electron chi connectivity index (χ1n) is 11.3. The van der Waals surface area contributed by atoms with Crippen LogP contribution in [0.25, 0.3) is 16.5 Å². The Hall–Kier alpha value is -3.69. The van der Waals surface area contributed by atoms with E-state index in [9.17, 15) is 14.4 Å². The van der Waals surface area contributed by atoms with Gasteiger partial charge in [-0.3, -0.25) is 9.59 Å². The molecule has 0 atom stereocenters. The lowest BCUT2D eigenvalue weighted by atomic mass is 10.0. The number of hydrogen-bond donors (Lipinski definition) is 1.